The molecule has 80 heavy (non-hydrogen) atoms. The zero-order chi connectivity index (χ0) is 58.3. The third-order valence-corrected chi connectivity index (χ3v) is 15.7. The zero-order valence-corrected chi connectivity index (χ0v) is 48.8. The quantitative estimate of drug-likeness (QED) is 0.0242. The minimum atomic E-state index is -1.97. The molecule has 12 N–H and O–H groups in total. The first-order valence-electron chi connectivity index (χ1n) is 31.2. The number of ether oxygens (including phenoxy) is 6. The highest BCUT2D eigenvalue weighted by Crippen LogP contribution is 2.33. The predicted octanol–water partition coefficient (Wildman–Crippen LogP) is 6.10. The third-order valence-electron chi connectivity index (χ3n) is 15.7. The number of aliphatic hydroxyl groups excluding tert-OH is 11. The van der Waals surface area contributed by atoms with Crippen LogP contribution >= 0.6 is 0 Å². The van der Waals surface area contributed by atoms with Gasteiger partial charge in [0.05, 0.1) is 38.6 Å². The Morgan fingerprint density at radius 1 is 0.463 bits per heavy atom. The van der Waals surface area contributed by atoms with Gasteiger partial charge in [-0.15, -0.1) is 0 Å². The van der Waals surface area contributed by atoms with Crippen molar-refractivity contribution in [2.24, 2.45) is 0 Å². The lowest BCUT2D eigenvalue weighted by Crippen LogP contribution is -2.66. The Morgan fingerprint density at radius 2 is 0.863 bits per heavy atom. The van der Waals surface area contributed by atoms with Crippen molar-refractivity contribution in [3.63, 3.8) is 0 Å². The second-order valence-electron chi connectivity index (χ2n) is 22.5. The Morgan fingerprint density at radius 3 is 1.34 bits per heavy atom. The third kappa shape index (κ3) is 27.8. The Bertz CT molecular complexity index is 1600. The van der Waals surface area contributed by atoms with Gasteiger partial charge >= 0.3 is 0 Å². The summed E-state index contributed by atoms with van der Waals surface area (Å²) in [5.74, 6) is -0.272. The van der Waals surface area contributed by atoms with Crippen LogP contribution in [0.3, 0.4) is 0 Å². The van der Waals surface area contributed by atoms with Gasteiger partial charge in [-0.25, -0.2) is 0 Å². The van der Waals surface area contributed by atoms with E-state index in [9.17, 15) is 61.0 Å². The highest BCUT2D eigenvalue weighted by molar-refractivity contribution is 5.76. The van der Waals surface area contributed by atoms with Gasteiger partial charge in [0.2, 0.25) is 5.91 Å². The van der Waals surface area contributed by atoms with E-state index < -0.39 is 124 Å². The molecule has 1 amide bonds. The molecular formula is C61H111NO18. The molecule has 17 unspecified atom stereocenters. The number of carbonyl (C=O) groups is 1. The fourth-order valence-corrected chi connectivity index (χ4v) is 10.6. The average molecular weight is 1150 g/mol. The maximum Gasteiger partial charge on any atom is 0.220 e. The average Bonchev–Trinajstić information content (AvgIpc) is 3.46. The van der Waals surface area contributed by atoms with Crippen LogP contribution in [0.25, 0.3) is 0 Å². The highest BCUT2D eigenvalue weighted by atomic mass is 16.8. The van der Waals surface area contributed by atoms with Gasteiger partial charge in [0.1, 0.15) is 73.2 Å². The summed E-state index contributed by atoms with van der Waals surface area (Å²) in [5.41, 5.74) is 0. The van der Waals surface area contributed by atoms with Crippen molar-refractivity contribution < 1.29 is 89.4 Å². The van der Waals surface area contributed by atoms with Gasteiger partial charge in [0.15, 0.2) is 18.9 Å². The van der Waals surface area contributed by atoms with E-state index in [1.54, 1.807) is 0 Å². The number of unbranched alkanes of at least 4 members (excludes halogenated alkanes) is 24. The van der Waals surface area contributed by atoms with Crippen LogP contribution < -0.4 is 5.32 Å². The van der Waals surface area contributed by atoms with Crippen LogP contribution in [0.2, 0.25) is 0 Å². The summed E-state index contributed by atoms with van der Waals surface area (Å²) in [7, 11) is 0. The van der Waals surface area contributed by atoms with Gasteiger partial charge in [0.25, 0.3) is 0 Å². The number of allylic oxidation sites excluding steroid dienone is 6. The second-order valence-corrected chi connectivity index (χ2v) is 22.5. The molecule has 19 nitrogen and oxygen atoms in total. The Balaban J connectivity index is 1.47. The molecule has 17 atom stereocenters. The van der Waals surface area contributed by atoms with Crippen LogP contribution in [-0.4, -0.2) is 193 Å². The summed E-state index contributed by atoms with van der Waals surface area (Å²) in [6.45, 7) is 1.65. The Hall–Kier alpha value is -1.99. The summed E-state index contributed by atoms with van der Waals surface area (Å²) in [4.78, 5) is 13.3. The number of aliphatic hydroxyl groups is 11. The van der Waals surface area contributed by atoms with E-state index in [0.29, 0.717) is 12.8 Å². The summed E-state index contributed by atoms with van der Waals surface area (Å²) in [6, 6.07) is -0.902. The molecule has 0 aliphatic carbocycles. The number of hydrogen-bond acceptors (Lipinski definition) is 18. The van der Waals surface area contributed by atoms with Crippen LogP contribution in [-0.2, 0) is 33.2 Å². The van der Waals surface area contributed by atoms with E-state index >= 15 is 0 Å². The number of nitrogens with one attached hydrogen (secondary N) is 1. The molecule has 0 aromatic carbocycles. The fraction of sp³-hybridized carbons (Fsp3) is 0.885. The Kier molecular flexibility index (Phi) is 40.2. The first-order chi connectivity index (χ1) is 38.8. The van der Waals surface area contributed by atoms with Crippen LogP contribution in [0.5, 0.6) is 0 Å². The van der Waals surface area contributed by atoms with Crippen LogP contribution in [0.15, 0.2) is 36.5 Å². The molecule has 0 aromatic heterocycles. The van der Waals surface area contributed by atoms with Crippen molar-refractivity contribution in [2.75, 3.05) is 26.4 Å². The molecule has 3 saturated heterocycles. The van der Waals surface area contributed by atoms with E-state index in [2.05, 4.69) is 55.6 Å². The largest absolute Gasteiger partial charge is 0.394 e. The molecule has 3 fully saturated rings. The van der Waals surface area contributed by atoms with Gasteiger partial charge in [-0.1, -0.05) is 198 Å². The van der Waals surface area contributed by atoms with Crippen molar-refractivity contribution in [3.05, 3.63) is 36.5 Å². The van der Waals surface area contributed by atoms with Gasteiger partial charge in [-0.2, -0.15) is 0 Å². The lowest BCUT2D eigenvalue weighted by molar-refractivity contribution is -0.379. The summed E-state index contributed by atoms with van der Waals surface area (Å²) < 4.78 is 34.3. The van der Waals surface area contributed by atoms with Gasteiger partial charge in [-0.3, -0.25) is 4.79 Å². The molecule has 0 bridgehead atoms. The normalized spacial score (nSPS) is 30.2. The van der Waals surface area contributed by atoms with E-state index in [0.717, 1.165) is 64.2 Å². The lowest BCUT2D eigenvalue weighted by Gasteiger charge is -2.48. The topological polar surface area (TPSA) is 307 Å². The molecule has 0 saturated carbocycles. The minimum Gasteiger partial charge on any atom is -0.394 e. The van der Waals surface area contributed by atoms with E-state index in [-0.39, 0.29) is 18.9 Å². The summed E-state index contributed by atoms with van der Waals surface area (Å²) in [6.07, 6.45) is 21.0. The molecule has 0 radical (unpaired) electrons. The van der Waals surface area contributed by atoms with E-state index in [1.807, 2.05) is 0 Å². The SMILES string of the molecule is CC/C=C\C/C=C\C/C=C\CCCCCC(=O)NC(COC1OC(CO)C(OC2OC(CO)C(OC3OC(CO)C(O)C(O)C3O)C(O)C2O)C(O)C1O)C(O)CCCCCCCCCCCCCCCCCCCCCCCC. The first kappa shape index (κ1) is 72.3. The minimum absolute atomic E-state index is 0.231. The maximum absolute atomic E-state index is 13.3. The van der Waals surface area contributed by atoms with Crippen molar-refractivity contribution in [1.82, 2.24) is 5.32 Å². The van der Waals surface area contributed by atoms with Crippen molar-refractivity contribution >= 4 is 5.91 Å². The number of rotatable bonds is 46. The smallest absolute Gasteiger partial charge is 0.220 e. The van der Waals surface area contributed by atoms with Crippen molar-refractivity contribution in [2.45, 2.75) is 317 Å². The number of hydrogen-bond donors (Lipinski definition) is 12. The first-order valence-corrected chi connectivity index (χ1v) is 31.2. The van der Waals surface area contributed by atoms with E-state index in [1.165, 1.54) is 116 Å². The molecule has 3 aliphatic rings. The van der Waals surface area contributed by atoms with Gasteiger partial charge < -0.3 is 89.9 Å². The molecule has 3 rings (SSSR count). The van der Waals surface area contributed by atoms with Gasteiger partial charge in [-0.05, 0) is 44.9 Å². The van der Waals surface area contributed by atoms with Crippen LogP contribution in [0.4, 0.5) is 0 Å². The van der Waals surface area contributed by atoms with Gasteiger partial charge in [0, 0.05) is 6.42 Å². The molecule has 468 valence electrons. The van der Waals surface area contributed by atoms with E-state index in [4.69, 9.17) is 28.4 Å². The monoisotopic (exact) mass is 1150 g/mol. The zero-order valence-electron chi connectivity index (χ0n) is 48.8. The second kappa shape index (κ2) is 44.5. The molecule has 0 spiro atoms. The molecule has 0 aromatic rings. The fourth-order valence-electron chi connectivity index (χ4n) is 10.6. The molecular weight excluding hydrogens is 1030 g/mol. The molecule has 3 heterocycles. The summed E-state index contributed by atoms with van der Waals surface area (Å²) >= 11 is 0. The Labute approximate surface area is 479 Å². The maximum atomic E-state index is 13.3. The number of carbonyl (C=O) groups excluding carboxylic acids is 1. The van der Waals surface area contributed by atoms with Crippen LogP contribution in [0, 0.1) is 0 Å². The number of amides is 1. The lowest BCUT2D eigenvalue weighted by atomic mass is 9.96. The molecule has 3 aliphatic heterocycles. The standard InChI is InChI=1S/C61H111NO18/c1-3-5-7-9-11-13-15-17-18-19-20-21-22-23-24-25-27-28-30-32-34-36-38-45(66)44(62-49(67)39-37-35-33-31-29-26-16-14-12-10-8-6-4-2)43-75-59-55(73)52(70)57(47(41-64)77-59)80-61-56(74)53(71)58(48(42-65)78-61)79-60-54(72)51(69)50(68)46(40-63)76-60/h6,8,12,14,26,29,44-48,50-61,63-66,68-74H,3-5,7,9-11,13,15-25,27-28,30-43H2,1-2H3,(H,62,67)/b8-6-,14-12-,29-26-. The molecule has 19 heteroatoms. The van der Waals surface area contributed by atoms with Crippen molar-refractivity contribution in [1.29, 1.82) is 0 Å². The highest BCUT2D eigenvalue weighted by Gasteiger charge is 2.53. The van der Waals surface area contributed by atoms with Crippen molar-refractivity contribution in [3.8, 4) is 0 Å². The predicted molar refractivity (Wildman–Crippen MR) is 305 cm³/mol. The van der Waals surface area contributed by atoms with Crippen LogP contribution in [0.1, 0.15) is 213 Å². The summed E-state index contributed by atoms with van der Waals surface area (Å²) in [5, 5.41) is 120.